The molecule has 120 valence electrons. The number of amides is 2. The van der Waals surface area contributed by atoms with Gasteiger partial charge in [-0.3, -0.25) is 9.59 Å². The summed E-state index contributed by atoms with van der Waals surface area (Å²) in [5.74, 6) is -0.426. The Morgan fingerprint density at radius 3 is 2.74 bits per heavy atom. The number of benzene rings is 1. The van der Waals surface area contributed by atoms with Gasteiger partial charge in [-0.05, 0) is 6.07 Å². The van der Waals surface area contributed by atoms with E-state index >= 15 is 0 Å². The van der Waals surface area contributed by atoms with Crippen molar-refractivity contribution in [3.05, 3.63) is 35.9 Å². The van der Waals surface area contributed by atoms with Crippen LogP contribution in [-0.2, 0) is 4.79 Å². The number of hydrogen-bond donors (Lipinski definition) is 2. The first kappa shape index (κ1) is 15.2. The van der Waals surface area contributed by atoms with E-state index in [9.17, 15) is 9.59 Å². The number of ether oxygens (including phenoxy) is 1. The minimum Gasteiger partial charge on any atom is -0.468 e. The molecular weight excluding hydrogens is 296 g/mol. The number of para-hydroxylation sites is 1. The lowest BCUT2D eigenvalue weighted by atomic mass is 10.1. The van der Waals surface area contributed by atoms with Crippen molar-refractivity contribution < 1.29 is 14.3 Å². The van der Waals surface area contributed by atoms with Crippen molar-refractivity contribution in [3.8, 4) is 5.88 Å². The lowest BCUT2D eigenvalue weighted by Crippen LogP contribution is -2.47. The number of carbonyl (C=O) groups is 2. The van der Waals surface area contributed by atoms with Crippen molar-refractivity contribution in [1.29, 1.82) is 0 Å². The summed E-state index contributed by atoms with van der Waals surface area (Å²) in [7, 11) is 0. The maximum atomic E-state index is 12.1. The molecule has 1 aliphatic rings. The fraction of sp³-hybridized carbons (Fsp3) is 0.312. The summed E-state index contributed by atoms with van der Waals surface area (Å²) >= 11 is 0. The monoisotopic (exact) mass is 314 g/mol. The summed E-state index contributed by atoms with van der Waals surface area (Å²) in [6, 6.07) is 8.65. The second-order valence-electron chi connectivity index (χ2n) is 5.31. The molecule has 0 aliphatic carbocycles. The predicted octanol–water partition coefficient (Wildman–Crippen LogP) is 0.144. The topological polar surface area (TPSA) is 97.6 Å². The van der Waals surface area contributed by atoms with Crippen LogP contribution < -0.4 is 15.8 Å². The SMILES string of the molecule is NC(=O)c1cc(OCC(=O)N2CCNCC2)nc2ccccc12. The van der Waals surface area contributed by atoms with Crippen LogP contribution in [0.4, 0.5) is 0 Å². The minimum atomic E-state index is -0.554. The van der Waals surface area contributed by atoms with Crippen molar-refractivity contribution in [2.45, 2.75) is 0 Å². The van der Waals surface area contributed by atoms with Gasteiger partial charge in [-0.1, -0.05) is 18.2 Å². The highest BCUT2D eigenvalue weighted by atomic mass is 16.5. The number of piperazine rings is 1. The minimum absolute atomic E-state index is 0.0953. The van der Waals surface area contributed by atoms with Gasteiger partial charge in [0.1, 0.15) is 0 Å². The van der Waals surface area contributed by atoms with Crippen LogP contribution in [0.25, 0.3) is 10.9 Å². The summed E-state index contributed by atoms with van der Waals surface area (Å²) in [4.78, 5) is 29.8. The van der Waals surface area contributed by atoms with Crippen LogP contribution >= 0.6 is 0 Å². The molecule has 7 nitrogen and oxygen atoms in total. The Balaban J connectivity index is 1.77. The molecule has 2 amide bonds. The third kappa shape index (κ3) is 3.40. The average Bonchev–Trinajstić information content (AvgIpc) is 2.59. The Hall–Kier alpha value is -2.67. The van der Waals surface area contributed by atoms with Gasteiger partial charge in [0.2, 0.25) is 11.8 Å². The van der Waals surface area contributed by atoms with E-state index in [2.05, 4.69) is 10.3 Å². The van der Waals surface area contributed by atoms with Gasteiger partial charge in [-0.15, -0.1) is 0 Å². The molecule has 1 aromatic carbocycles. The number of nitrogens with zero attached hydrogens (tertiary/aromatic N) is 2. The van der Waals surface area contributed by atoms with Crippen molar-refractivity contribution >= 4 is 22.7 Å². The van der Waals surface area contributed by atoms with Crippen LogP contribution in [0, 0.1) is 0 Å². The van der Waals surface area contributed by atoms with Crippen molar-refractivity contribution in [3.63, 3.8) is 0 Å². The van der Waals surface area contributed by atoms with Gasteiger partial charge >= 0.3 is 0 Å². The molecule has 0 unspecified atom stereocenters. The Kier molecular flexibility index (Phi) is 4.38. The van der Waals surface area contributed by atoms with Crippen molar-refractivity contribution in [2.24, 2.45) is 5.73 Å². The molecular formula is C16H18N4O3. The lowest BCUT2D eigenvalue weighted by molar-refractivity contribution is -0.134. The van der Waals surface area contributed by atoms with E-state index in [0.29, 0.717) is 29.6 Å². The molecule has 3 N–H and O–H groups in total. The standard InChI is InChI=1S/C16H18N4O3/c17-16(22)12-9-14(19-13-4-2-1-3-11(12)13)23-10-15(21)20-7-5-18-6-8-20/h1-4,9,18H,5-8,10H2,(H2,17,22). The molecule has 1 aromatic heterocycles. The summed E-state index contributed by atoms with van der Waals surface area (Å²) in [5.41, 5.74) is 6.36. The van der Waals surface area contributed by atoms with Crippen LogP contribution in [0.2, 0.25) is 0 Å². The number of pyridine rings is 1. The quantitative estimate of drug-likeness (QED) is 0.837. The fourth-order valence-corrected chi connectivity index (χ4v) is 2.57. The molecule has 0 bridgehead atoms. The van der Waals surface area contributed by atoms with E-state index in [1.54, 1.807) is 17.0 Å². The first-order chi connectivity index (χ1) is 11.1. The second kappa shape index (κ2) is 6.62. The number of fused-ring (bicyclic) bond motifs is 1. The van der Waals surface area contributed by atoms with Crippen molar-refractivity contribution in [1.82, 2.24) is 15.2 Å². The Labute approximate surface area is 133 Å². The maximum absolute atomic E-state index is 12.1. The highest BCUT2D eigenvalue weighted by molar-refractivity contribution is 6.05. The third-order valence-electron chi connectivity index (χ3n) is 3.77. The van der Waals surface area contributed by atoms with Gasteiger partial charge in [-0.2, -0.15) is 0 Å². The number of hydrogen-bond acceptors (Lipinski definition) is 5. The molecule has 0 radical (unpaired) electrons. The zero-order valence-electron chi connectivity index (χ0n) is 12.6. The molecule has 23 heavy (non-hydrogen) atoms. The van der Waals surface area contributed by atoms with Crippen LogP contribution in [-0.4, -0.2) is 54.5 Å². The second-order valence-corrected chi connectivity index (χ2v) is 5.31. The van der Waals surface area contributed by atoms with E-state index in [1.807, 2.05) is 12.1 Å². The van der Waals surface area contributed by atoms with E-state index in [4.69, 9.17) is 10.5 Å². The Morgan fingerprint density at radius 2 is 2.00 bits per heavy atom. The Morgan fingerprint density at radius 1 is 1.26 bits per heavy atom. The van der Waals surface area contributed by atoms with Gasteiger partial charge in [0.25, 0.3) is 5.91 Å². The summed E-state index contributed by atoms with van der Waals surface area (Å²) in [6.45, 7) is 2.79. The van der Waals surface area contributed by atoms with E-state index in [0.717, 1.165) is 13.1 Å². The molecule has 0 saturated carbocycles. The van der Waals surface area contributed by atoms with Crippen LogP contribution in [0.5, 0.6) is 5.88 Å². The van der Waals surface area contributed by atoms with E-state index in [-0.39, 0.29) is 18.4 Å². The number of aromatic nitrogens is 1. The third-order valence-corrected chi connectivity index (χ3v) is 3.77. The van der Waals surface area contributed by atoms with Crippen molar-refractivity contribution in [2.75, 3.05) is 32.8 Å². The van der Waals surface area contributed by atoms with Gasteiger partial charge in [0.05, 0.1) is 11.1 Å². The van der Waals surface area contributed by atoms with Gasteiger partial charge < -0.3 is 20.7 Å². The first-order valence-electron chi connectivity index (χ1n) is 7.46. The number of primary amides is 1. The summed E-state index contributed by atoms with van der Waals surface area (Å²) < 4.78 is 5.49. The predicted molar refractivity (Wildman–Crippen MR) is 85.2 cm³/mol. The smallest absolute Gasteiger partial charge is 0.260 e. The average molecular weight is 314 g/mol. The fourth-order valence-electron chi connectivity index (χ4n) is 2.57. The van der Waals surface area contributed by atoms with Crippen LogP contribution in [0.3, 0.4) is 0 Å². The summed E-state index contributed by atoms with van der Waals surface area (Å²) in [6.07, 6.45) is 0. The van der Waals surface area contributed by atoms with Gasteiger partial charge in [0, 0.05) is 37.6 Å². The molecule has 0 atom stereocenters. The molecule has 2 heterocycles. The highest BCUT2D eigenvalue weighted by Gasteiger charge is 2.17. The van der Waals surface area contributed by atoms with Gasteiger partial charge in [-0.25, -0.2) is 4.98 Å². The van der Waals surface area contributed by atoms with Crippen LogP contribution in [0.1, 0.15) is 10.4 Å². The largest absolute Gasteiger partial charge is 0.468 e. The number of nitrogens with one attached hydrogen (secondary N) is 1. The molecule has 1 saturated heterocycles. The van der Waals surface area contributed by atoms with Gasteiger partial charge in [0.15, 0.2) is 6.61 Å². The van der Waals surface area contributed by atoms with Crippen LogP contribution in [0.15, 0.2) is 30.3 Å². The van der Waals surface area contributed by atoms with E-state index in [1.165, 1.54) is 6.07 Å². The maximum Gasteiger partial charge on any atom is 0.260 e. The number of carbonyl (C=O) groups excluding carboxylic acids is 2. The molecule has 7 heteroatoms. The molecule has 0 spiro atoms. The zero-order chi connectivity index (χ0) is 16.2. The number of nitrogens with two attached hydrogens (primary N) is 1. The Bertz CT molecular complexity index is 741. The lowest BCUT2D eigenvalue weighted by Gasteiger charge is -2.27. The number of rotatable bonds is 4. The normalized spacial score (nSPS) is 14.7. The zero-order valence-corrected chi connectivity index (χ0v) is 12.6. The molecule has 3 rings (SSSR count). The molecule has 1 fully saturated rings. The first-order valence-corrected chi connectivity index (χ1v) is 7.46. The van der Waals surface area contributed by atoms with E-state index < -0.39 is 5.91 Å². The molecule has 2 aromatic rings. The molecule has 1 aliphatic heterocycles. The highest BCUT2D eigenvalue weighted by Crippen LogP contribution is 2.21. The summed E-state index contributed by atoms with van der Waals surface area (Å²) in [5, 5.41) is 3.85.